The largest absolute Gasteiger partial charge is 0.457 e. The van der Waals surface area contributed by atoms with Crippen molar-refractivity contribution < 1.29 is 18.9 Å². The Morgan fingerprint density at radius 3 is 1.12 bits per heavy atom. The molecule has 0 N–H and O–H groups in total. The highest BCUT2D eigenvalue weighted by Crippen LogP contribution is 2.40. The fourth-order valence-corrected chi connectivity index (χ4v) is 3.88. The van der Waals surface area contributed by atoms with Gasteiger partial charge in [-0.25, -0.2) is 0 Å². The van der Waals surface area contributed by atoms with Gasteiger partial charge < -0.3 is 18.9 Å². The van der Waals surface area contributed by atoms with E-state index in [0.717, 1.165) is 34.1 Å². The van der Waals surface area contributed by atoms with Crippen LogP contribution in [-0.4, -0.2) is 13.2 Å². The van der Waals surface area contributed by atoms with Gasteiger partial charge in [0.05, 0.1) is 13.2 Å². The minimum absolute atomic E-state index is 0.531. The Morgan fingerprint density at radius 2 is 0.788 bits per heavy atom. The van der Waals surface area contributed by atoms with E-state index >= 15 is 0 Å². The van der Waals surface area contributed by atoms with Gasteiger partial charge in [-0.05, 0) is 86.6 Å². The fraction of sp³-hybridized carbons (Fsp3) is 0.172. The molecule has 1 heterocycles. The molecule has 0 radical (unpaired) electrons. The topological polar surface area (TPSA) is 36.9 Å². The van der Waals surface area contributed by atoms with Crippen molar-refractivity contribution >= 4 is 0 Å². The van der Waals surface area contributed by atoms with Crippen LogP contribution < -0.4 is 9.47 Å². The van der Waals surface area contributed by atoms with Gasteiger partial charge in [-0.15, -0.1) is 0 Å². The van der Waals surface area contributed by atoms with Gasteiger partial charge in [0.15, 0.2) is 0 Å². The minimum atomic E-state index is -0.940. The van der Waals surface area contributed by atoms with Crippen molar-refractivity contribution in [2.24, 2.45) is 0 Å². The minimum Gasteiger partial charge on any atom is -0.457 e. The smallest absolute Gasteiger partial charge is 0.222 e. The highest BCUT2D eigenvalue weighted by molar-refractivity contribution is 5.42. The molecule has 0 unspecified atom stereocenters. The third kappa shape index (κ3) is 4.63. The molecule has 4 heteroatoms. The van der Waals surface area contributed by atoms with Gasteiger partial charge in [0.1, 0.15) is 23.0 Å². The van der Waals surface area contributed by atoms with Gasteiger partial charge in [-0.2, -0.15) is 0 Å². The average molecular weight is 439 g/mol. The van der Waals surface area contributed by atoms with E-state index in [0.29, 0.717) is 13.2 Å². The van der Waals surface area contributed by atoms with Crippen molar-refractivity contribution in [2.75, 3.05) is 13.2 Å². The monoisotopic (exact) mass is 438 g/mol. The summed E-state index contributed by atoms with van der Waals surface area (Å²) in [4.78, 5) is 0. The summed E-state index contributed by atoms with van der Waals surface area (Å²) in [5, 5.41) is 0. The maximum atomic E-state index is 6.15. The molecular weight excluding hydrogens is 412 g/mol. The molecule has 5 rings (SSSR count). The van der Waals surface area contributed by atoms with Gasteiger partial charge in [-0.3, -0.25) is 0 Å². The van der Waals surface area contributed by atoms with Crippen LogP contribution in [0.15, 0.2) is 97.1 Å². The maximum absolute atomic E-state index is 6.15. The summed E-state index contributed by atoms with van der Waals surface area (Å²) < 4.78 is 24.2. The molecular formula is C29H26O4. The van der Waals surface area contributed by atoms with Crippen LogP contribution in [0.1, 0.15) is 22.3 Å². The van der Waals surface area contributed by atoms with E-state index in [1.54, 1.807) is 0 Å². The van der Waals surface area contributed by atoms with Crippen LogP contribution in [-0.2, 0) is 15.3 Å². The molecule has 33 heavy (non-hydrogen) atoms. The van der Waals surface area contributed by atoms with Crippen molar-refractivity contribution in [2.45, 2.75) is 19.6 Å². The first kappa shape index (κ1) is 21.3. The zero-order valence-corrected chi connectivity index (χ0v) is 18.8. The van der Waals surface area contributed by atoms with Crippen LogP contribution in [0.25, 0.3) is 0 Å². The van der Waals surface area contributed by atoms with Crippen molar-refractivity contribution in [1.82, 2.24) is 0 Å². The lowest BCUT2D eigenvalue weighted by molar-refractivity contribution is -0.129. The van der Waals surface area contributed by atoms with Crippen molar-refractivity contribution in [3.05, 3.63) is 119 Å². The predicted molar refractivity (Wildman–Crippen MR) is 128 cm³/mol. The Morgan fingerprint density at radius 1 is 0.485 bits per heavy atom. The maximum Gasteiger partial charge on any atom is 0.222 e. The van der Waals surface area contributed by atoms with Crippen LogP contribution in [0.2, 0.25) is 0 Å². The van der Waals surface area contributed by atoms with Crippen LogP contribution in [0.5, 0.6) is 23.0 Å². The van der Waals surface area contributed by atoms with Gasteiger partial charge in [0.2, 0.25) is 5.79 Å². The Labute approximate surface area is 194 Å². The molecule has 1 aliphatic rings. The predicted octanol–water partition coefficient (Wildman–Crippen LogP) is 7.14. The van der Waals surface area contributed by atoms with Crippen LogP contribution in [0.4, 0.5) is 0 Å². The summed E-state index contributed by atoms with van der Waals surface area (Å²) in [6.07, 6.45) is 0. The van der Waals surface area contributed by atoms with E-state index in [9.17, 15) is 0 Å². The molecule has 0 saturated carbocycles. The lowest BCUT2D eigenvalue weighted by Crippen LogP contribution is -2.28. The molecule has 0 aliphatic carbocycles. The second kappa shape index (κ2) is 9.10. The molecule has 0 bridgehead atoms. The number of ether oxygens (including phenoxy) is 4. The zero-order valence-electron chi connectivity index (χ0n) is 18.8. The second-order valence-electron chi connectivity index (χ2n) is 8.19. The van der Waals surface area contributed by atoms with Crippen molar-refractivity contribution in [3.8, 4) is 23.0 Å². The molecule has 0 amide bonds. The summed E-state index contributed by atoms with van der Waals surface area (Å²) in [5.41, 5.74) is 4.24. The van der Waals surface area contributed by atoms with E-state index in [2.05, 4.69) is 13.8 Å². The number of aryl methyl sites for hydroxylation is 2. The normalized spacial score (nSPS) is 14.7. The van der Waals surface area contributed by atoms with Crippen molar-refractivity contribution in [3.63, 3.8) is 0 Å². The Bertz CT molecular complexity index is 1100. The van der Waals surface area contributed by atoms with E-state index in [4.69, 9.17) is 18.9 Å². The molecule has 1 saturated heterocycles. The number of hydrogen-bond acceptors (Lipinski definition) is 4. The van der Waals surface area contributed by atoms with Crippen LogP contribution in [0, 0.1) is 13.8 Å². The molecule has 0 aromatic heterocycles. The molecule has 1 fully saturated rings. The molecule has 1 aliphatic heterocycles. The SMILES string of the molecule is Cc1ccc(Oc2ccc(C3(c4ccc(Oc5ccc(C)cc5)cc4)OCCO3)cc2)cc1. The van der Waals surface area contributed by atoms with E-state index < -0.39 is 5.79 Å². The Kier molecular flexibility index (Phi) is 5.86. The lowest BCUT2D eigenvalue weighted by atomic mass is 9.97. The summed E-state index contributed by atoms with van der Waals surface area (Å²) >= 11 is 0. The fourth-order valence-electron chi connectivity index (χ4n) is 3.88. The van der Waals surface area contributed by atoms with Gasteiger partial charge in [0, 0.05) is 11.1 Å². The standard InChI is InChI=1S/C29H26O4/c1-21-3-11-25(12-4-21)32-27-15-7-23(8-16-27)29(30-19-20-31-29)24-9-17-28(18-10-24)33-26-13-5-22(2)6-14-26/h3-18H,19-20H2,1-2H3. The number of rotatable bonds is 6. The van der Waals surface area contributed by atoms with Gasteiger partial charge in [0.25, 0.3) is 0 Å². The quantitative estimate of drug-likeness (QED) is 0.321. The second-order valence-corrected chi connectivity index (χ2v) is 8.19. The third-order valence-corrected chi connectivity index (χ3v) is 5.68. The van der Waals surface area contributed by atoms with E-state index in [1.807, 2.05) is 97.1 Å². The summed E-state index contributed by atoms with van der Waals surface area (Å²) in [5.74, 6) is 2.20. The molecule has 4 aromatic carbocycles. The molecule has 0 spiro atoms. The van der Waals surface area contributed by atoms with Crippen LogP contribution >= 0.6 is 0 Å². The first-order chi connectivity index (χ1) is 16.1. The van der Waals surface area contributed by atoms with Crippen LogP contribution in [0.3, 0.4) is 0 Å². The van der Waals surface area contributed by atoms with E-state index in [1.165, 1.54) is 11.1 Å². The van der Waals surface area contributed by atoms with Gasteiger partial charge in [-0.1, -0.05) is 35.4 Å². The molecule has 166 valence electrons. The first-order valence-corrected chi connectivity index (χ1v) is 11.1. The van der Waals surface area contributed by atoms with E-state index in [-0.39, 0.29) is 0 Å². The van der Waals surface area contributed by atoms with Crippen molar-refractivity contribution in [1.29, 1.82) is 0 Å². The molecule has 4 nitrogen and oxygen atoms in total. The first-order valence-electron chi connectivity index (χ1n) is 11.1. The summed E-state index contributed by atoms with van der Waals surface area (Å²) in [7, 11) is 0. The summed E-state index contributed by atoms with van der Waals surface area (Å²) in [6.45, 7) is 5.17. The third-order valence-electron chi connectivity index (χ3n) is 5.68. The van der Waals surface area contributed by atoms with Gasteiger partial charge >= 0.3 is 0 Å². The average Bonchev–Trinajstić information content (AvgIpc) is 3.34. The highest BCUT2D eigenvalue weighted by atomic mass is 16.7. The number of hydrogen-bond donors (Lipinski definition) is 0. The lowest BCUT2D eigenvalue weighted by Gasteiger charge is -2.28. The number of benzene rings is 4. The zero-order chi connectivity index (χ0) is 22.7. The molecule has 0 atom stereocenters. The highest BCUT2D eigenvalue weighted by Gasteiger charge is 2.40. The summed E-state index contributed by atoms with van der Waals surface area (Å²) in [6, 6.07) is 31.7. The Balaban J connectivity index is 1.36. The molecule has 4 aromatic rings. The Hall–Kier alpha value is -3.60.